The maximum absolute atomic E-state index is 13.4. The zero-order valence-electron chi connectivity index (χ0n) is 11.4. The van der Waals surface area contributed by atoms with Gasteiger partial charge < -0.3 is 9.30 Å². The lowest BCUT2D eigenvalue weighted by molar-refractivity contribution is 0.0663. The maximum Gasteiger partial charge on any atom is 0.125 e. The minimum atomic E-state index is -0.196. The van der Waals surface area contributed by atoms with Crippen LogP contribution in [0.3, 0.4) is 0 Å². The summed E-state index contributed by atoms with van der Waals surface area (Å²) in [6, 6.07) is 5.24. The van der Waals surface area contributed by atoms with Crippen molar-refractivity contribution in [1.82, 2.24) is 4.57 Å². The average molecular weight is 249 g/mol. The van der Waals surface area contributed by atoms with E-state index in [1.807, 2.05) is 19.9 Å². The van der Waals surface area contributed by atoms with Gasteiger partial charge in [-0.05, 0) is 45.9 Å². The van der Waals surface area contributed by atoms with Crippen molar-refractivity contribution in [3.63, 3.8) is 0 Å². The second kappa shape index (κ2) is 5.11. The fraction of sp³-hybridized carbons (Fsp3) is 0.467. The van der Waals surface area contributed by atoms with E-state index < -0.39 is 0 Å². The van der Waals surface area contributed by atoms with Gasteiger partial charge in [-0.3, -0.25) is 0 Å². The summed E-state index contributed by atoms with van der Waals surface area (Å²) >= 11 is 0. The van der Waals surface area contributed by atoms with Gasteiger partial charge in [0.15, 0.2) is 0 Å². The predicted octanol–water partition coefficient (Wildman–Crippen LogP) is 4.29. The van der Waals surface area contributed by atoms with Gasteiger partial charge >= 0.3 is 0 Å². The molecule has 18 heavy (non-hydrogen) atoms. The third-order valence-corrected chi connectivity index (χ3v) is 3.01. The first-order chi connectivity index (χ1) is 8.49. The molecule has 0 saturated carbocycles. The lowest BCUT2D eigenvalue weighted by Crippen LogP contribution is -2.02. The lowest BCUT2D eigenvalue weighted by Gasteiger charge is -2.08. The molecule has 0 fully saturated rings. The number of nitrogens with zero attached hydrogens (tertiary/aromatic N) is 1. The Hall–Kier alpha value is -1.35. The van der Waals surface area contributed by atoms with Crippen molar-refractivity contribution >= 4 is 10.9 Å². The van der Waals surface area contributed by atoms with Crippen LogP contribution >= 0.6 is 0 Å². The Morgan fingerprint density at radius 1 is 1.22 bits per heavy atom. The minimum Gasteiger partial charge on any atom is -0.374 e. The summed E-state index contributed by atoms with van der Waals surface area (Å²) in [6.07, 6.45) is 2.26. The molecule has 2 aromatic rings. The van der Waals surface area contributed by atoms with Gasteiger partial charge in [0.25, 0.3) is 0 Å². The van der Waals surface area contributed by atoms with Crippen LogP contribution in [0.4, 0.5) is 4.39 Å². The second-order valence-corrected chi connectivity index (χ2v) is 5.18. The summed E-state index contributed by atoms with van der Waals surface area (Å²) in [6.45, 7) is 8.79. The first kappa shape index (κ1) is 13.1. The highest BCUT2D eigenvalue weighted by Crippen LogP contribution is 2.26. The molecule has 3 heteroatoms. The van der Waals surface area contributed by atoms with Crippen LogP contribution in [0.5, 0.6) is 0 Å². The van der Waals surface area contributed by atoms with Gasteiger partial charge in [0.05, 0.1) is 18.2 Å². The molecule has 0 unspecified atom stereocenters. The Kier molecular flexibility index (Phi) is 3.71. The van der Waals surface area contributed by atoms with E-state index in [0.717, 1.165) is 16.5 Å². The molecule has 0 aliphatic rings. The summed E-state index contributed by atoms with van der Waals surface area (Å²) in [5, 5.41) is 1.07. The third kappa shape index (κ3) is 2.56. The molecule has 1 aromatic heterocycles. The second-order valence-electron chi connectivity index (χ2n) is 5.18. The maximum atomic E-state index is 13.4. The molecule has 1 aromatic carbocycles. The molecule has 0 amide bonds. The third-order valence-electron chi connectivity index (χ3n) is 3.01. The molecule has 0 spiro atoms. The Balaban J connectivity index is 2.47. The fourth-order valence-corrected chi connectivity index (χ4v) is 2.10. The molecular formula is C15H20FNO. The zero-order valence-corrected chi connectivity index (χ0v) is 11.4. The predicted molar refractivity (Wildman–Crippen MR) is 72.2 cm³/mol. The topological polar surface area (TPSA) is 14.2 Å². The highest BCUT2D eigenvalue weighted by atomic mass is 19.1. The van der Waals surface area contributed by atoms with Crippen LogP contribution in [-0.4, -0.2) is 10.7 Å². The number of aromatic nitrogens is 1. The van der Waals surface area contributed by atoms with Crippen LogP contribution in [0.2, 0.25) is 0 Å². The smallest absolute Gasteiger partial charge is 0.125 e. The van der Waals surface area contributed by atoms with Gasteiger partial charge in [0.1, 0.15) is 5.82 Å². The number of rotatable bonds is 4. The summed E-state index contributed by atoms with van der Waals surface area (Å²) in [5.74, 6) is -0.196. The van der Waals surface area contributed by atoms with E-state index >= 15 is 0 Å². The van der Waals surface area contributed by atoms with E-state index in [4.69, 9.17) is 4.74 Å². The van der Waals surface area contributed by atoms with Crippen LogP contribution < -0.4 is 0 Å². The van der Waals surface area contributed by atoms with Gasteiger partial charge in [-0.25, -0.2) is 4.39 Å². The van der Waals surface area contributed by atoms with Crippen LogP contribution in [0.15, 0.2) is 24.4 Å². The van der Waals surface area contributed by atoms with Gasteiger partial charge in [-0.2, -0.15) is 0 Å². The van der Waals surface area contributed by atoms with Gasteiger partial charge in [0, 0.05) is 23.2 Å². The highest BCUT2D eigenvalue weighted by molar-refractivity contribution is 5.84. The Labute approximate surface area is 107 Å². The number of halogens is 1. The standard InChI is InChI=1S/C15H20FNO/c1-10(2)17-8-12(9-18-11(3)4)14-6-5-13(16)7-15(14)17/h5-8,10-11H,9H2,1-4H3. The summed E-state index contributed by atoms with van der Waals surface area (Å²) < 4.78 is 21.1. The molecule has 0 saturated heterocycles. The zero-order chi connectivity index (χ0) is 13.3. The van der Waals surface area contributed by atoms with Crippen LogP contribution in [0.25, 0.3) is 10.9 Å². The average Bonchev–Trinajstić information content (AvgIpc) is 2.64. The quantitative estimate of drug-likeness (QED) is 0.788. The normalized spacial score (nSPS) is 11.9. The number of ether oxygens (including phenoxy) is 1. The van der Waals surface area contributed by atoms with Crippen molar-refractivity contribution in [2.24, 2.45) is 0 Å². The van der Waals surface area contributed by atoms with Crippen LogP contribution in [-0.2, 0) is 11.3 Å². The largest absolute Gasteiger partial charge is 0.374 e. The van der Waals surface area contributed by atoms with Crippen molar-refractivity contribution < 1.29 is 9.13 Å². The van der Waals surface area contributed by atoms with E-state index in [2.05, 4.69) is 24.6 Å². The first-order valence-corrected chi connectivity index (χ1v) is 6.39. The summed E-state index contributed by atoms with van der Waals surface area (Å²) in [4.78, 5) is 0. The number of hydrogen-bond acceptors (Lipinski definition) is 1. The molecular weight excluding hydrogens is 229 g/mol. The van der Waals surface area contributed by atoms with Crippen LogP contribution in [0.1, 0.15) is 39.3 Å². The first-order valence-electron chi connectivity index (χ1n) is 6.39. The lowest BCUT2D eigenvalue weighted by atomic mass is 10.2. The molecule has 0 aliphatic heterocycles. The van der Waals surface area contributed by atoms with Crippen molar-refractivity contribution in [3.05, 3.63) is 35.8 Å². The van der Waals surface area contributed by atoms with Gasteiger partial charge in [0.2, 0.25) is 0 Å². The van der Waals surface area contributed by atoms with Gasteiger partial charge in [-0.1, -0.05) is 0 Å². The molecule has 0 atom stereocenters. The van der Waals surface area contributed by atoms with Crippen LogP contribution in [0, 0.1) is 5.82 Å². The van der Waals surface area contributed by atoms with E-state index in [-0.39, 0.29) is 11.9 Å². The molecule has 0 bridgehead atoms. The molecule has 0 N–H and O–H groups in total. The monoisotopic (exact) mass is 249 g/mol. The highest BCUT2D eigenvalue weighted by Gasteiger charge is 2.11. The van der Waals surface area contributed by atoms with E-state index in [9.17, 15) is 4.39 Å². The summed E-state index contributed by atoms with van der Waals surface area (Å²) in [7, 11) is 0. The fourth-order valence-electron chi connectivity index (χ4n) is 2.10. The molecule has 2 rings (SSSR count). The minimum absolute atomic E-state index is 0.196. The van der Waals surface area contributed by atoms with E-state index in [1.165, 1.54) is 6.07 Å². The number of hydrogen-bond donors (Lipinski definition) is 0. The number of benzene rings is 1. The molecule has 0 aliphatic carbocycles. The van der Waals surface area contributed by atoms with Crippen molar-refractivity contribution in [2.75, 3.05) is 0 Å². The van der Waals surface area contributed by atoms with Gasteiger partial charge in [-0.15, -0.1) is 0 Å². The van der Waals surface area contributed by atoms with Crippen molar-refractivity contribution in [3.8, 4) is 0 Å². The molecule has 2 nitrogen and oxygen atoms in total. The molecule has 0 radical (unpaired) electrons. The SMILES string of the molecule is CC(C)OCc1cn(C(C)C)c2cc(F)ccc12. The van der Waals surface area contributed by atoms with E-state index in [1.54, 1.807) is 6.07 Å². The van der Waals surface area contributed by atoms with Crippen molar-refractivity contribution in [1.29, 1.82) is 0 Å². The Morgan fingerprint density at radius 3 is 2.56 bits per heavy atom. The molecule has 1 heterocycles. The van der Waals surface area contributed by atoms with Crippen molar-refractivity contribution in [2.45, 2.75) is 46.4 Å². The Bertz CT molecular complexity index is 543. The number of fused-ring (bicyclic) bond motifs is 1. The Morgan fingerprint density at radius 2 is 1.94 bits per heavy atom. The summed E-state index contributed by atoms with van der Waals surface area (Å²) in [5.41, 5.74) is 2.06. The van der Waals surface area contributed by atoms with E-state index in [0.29, 0.717) is 12.6 Å². The molecule has 98 valence electrons.